The molecular weight excluding hydrogens is 192 g/mol. The van der Waals surface area contributed by atoms with Gasteiger partial charge in [0.2, 0.25) is 0 Å². The number of carbonyl (C=O) groups is 2. The van der Waals surface area contributed by atoms with Crippen molar-refractivity contribution in [1.82, 2.24) is 0 Å². The number of ketones is 1. The first-order valence-corrected chi connectivity index (χ1v) is 5.69. The molecule has 0 aliphatic heterocycles. The zero-order valence-corrected chi connectivity index (χ0v) is 9.41. The molecule has 0 bridgehead atoms. The number of rotatable bonds is 1. The van der Waals surface area contributed by atoms with Crippen molar-refractivity contribution in [1.29, 1.82) is 0 Å². The smallest absolute Gasteiger partial charge is 0.316 e. The van der Waals surface area contributed by atoms with Gasteiger partial charge in [-0.2, -0.15) is 0 Å². The predicted octanol–water partition coefficient (Wildman–Crippen LogP) is 1.94. The minimum atomic E-state index is -0.472. The highest BCUT2D eigenvalue weighted by Crippen LogP contribution is 2.53. The molecule has 0 aromatic carbocycles. The Morgan fingerprint density at radius 3 is 2.87 bits per heavy atom. The second-order valence-corrected chi connectivity index (χ2v) is 5.15. The van der Waals surface area contributed by atoms with Gasteiger partial charge in [0.05, 0.1) is 7.11 Å². The minimum absolute atomic E-state index is 0.0637. The molecule has 0 aromatic heterocycles. The molecule has 0 N–H and O–H groups in total. The largest absolute Gasteiger partial charge is 0.468 e. The Bertz CT molecular complexity index is 297. The van der Waals surface area contributed by atoms with E-state index in [9.17, 15) is 9.59 Å². The average molecular weight is 210 g/mol. The number of ether oxygens (including phenoxy) is 1. The molecule has 2 fully saturated rings. The van der Waals surface area contributed by atoms with E-state index in [-0.39, 0.29) is 23.1 Å². The summed E-state index contributed by atoms with van der Waals surface area (Å²) in [7, 11) is 1.37. The van der Waals surface area contributed by atoms with Crippen molar-refractivity contribution in [2.75, 3.05) is 7.11 Å². The zero-order chi connectivity index (χ0) is 11.1. The Labute approximate surface area is 90.2 Å². The van der Waals surface area contributed by atoms with Crippen LogP contribution in [0.3, 0.4) is 0 Å². The molecule has 15 heavy (non-hydrogen) atoms. The Hall–Kier alpha value is -0.860. The van der Waals surface area contributed by atoms with Crippen molar-refractivity contribution in [3.05, 3.63) is 0 Å². The third-order valence-electron chi connectivity index (χ3n) is 4.19. The van der Waals surface area contributed by atoms with Crippen LogP contribution < -0.4 is 0 Å². The third-order valence-corrected chi connectivity index (χ3v) is 4.19. The van der Waals surface area contributed by atoms with Crippen molar-refractivity contribution in [3.8, 4) is 0 Å². The maximum atomic E-state index is 11.8. The van der Waals surface area contributed by atoms with Crippen LogP contribution in [0.1, 0.15) is 39.0 Å². The number of hydrogen-bond acceptors (Lipinski definition) is 3. The van der Waals surface area contributed by atoms with E-state index in [0.29, 0.717) is 6.42 Å². The Balaban J connectivity index is 2.25. The van der Waals surface area contributed by atoms with Gasteiger partial charge < -0.3 is 4.74 Å². The quantitative estimate of drug-likeness (QED) is 0.490. The van der Waals surface area contributed by atoms with Crippen molar-refractivity contribution in [2.24, 2.45) is 17.3 Å². The SMILES string of the molecule is COC(=O)[C@H]1C(=O)C[C@@]2(C)CCCC[C@@H]12. The Kier molecular flexibility index (Phi) is 2.57. The van der Waals surface area contributed by atoms with Gasteiger partial charge in [-0.05, 0) is 24.2 Å². The Morgan fingerprint density at radius 2 is 2.20 bits per heavy atom. The van der Waals surface area contributed by atoms with Gasteiger partial charge in [0, 0.05) is 6.42 Å². The van der Waals surface area contributed by atoms with Gasteiger partial charge in [0.1, 0.15) is 11.7 Å². The van der Waals surface area contributed by atoms with E-state index in [1.807, 2.05) is 0 Å². The molecule has 0 saturated heterocycles. The standard InChI is InChI=1S/C12H18O3/c1-12-6-4-3-5-8(12)10(9(13)7-12)11(14)15-2/h8,10H,3-7H2,1-2H3/t8-,10+,12+/m0/s1. The first kappa shape index (κ1) is 10.7. The van der Waals surface area contributed by atoms with Crippen LogP contribution >= 0.6 is 0 Å². The van der Waals surface area contributed by atoms with E-state index in [0.717, 1.165) is 19.3 Å². The van der Waals surface area contributed by atoms with Crippen LogP contribution in [0, 0.1) is 17.3 Å². The number of carbonyl (C=O) groups excluding carboxylic acids is 2. The highest BCUT2D eigenvalue weighted by atomic mass is 16.5. The van der Waals surface area contributed by atoms with Crippen molar-refractivity contribution >= 4 is 11.8 Å². The van der Waals surface area contributed by atoms with E-state index in [4.69, 9.17) is 4.74 Å². The summed E-state index contributed by atoms with van der Waals surface area (Å²) in [5.41, 5.74) is 0.0637. The van der Waals surface area contributed by atoms with E-state index in [1.54, 1.807) is 0 Å². The average Bonchev–Trinajstić information content (AvgIpc) is 2.47. The number of methoxy groups -OCH3 is 1. The predicted molar refractivity (Wildman–Crippen MR) is 55.2 cm³/mol. The second-order valence-electron chi connectivity index (χ2n) is 5.15. The summed E-state index contributed by atoms with van der Waals surface area (Å²) in [4.78, 5) is 23.4. The van der Waals surface area contributed by atoms with Gasteiger partial charge in [-0.25, -0.2) is 0 Å². The van der Waals surface area contributed by atoms with E-state index < -0.39 is 5.92 Å². The summed E-state index contributed by atoms with van der Waals surface area (Å²) in [6, 6.07) is 0. The number of fused-ring (bicyclic) bond motifs is 1. The Morgan fingerprint density at radius 1 is 1.47 bits per heavy atom. The molecule has 0 spiro atoms. The third kappa shape index (κ3) is 1.58. The highest BCUT2D eigenvalue weighted by Gasteiger charge is 2.54. The summed E-state index contributed by atoms with van der Waals surface area (Å²) < 4.78 is 4.74. The fourth-order valence-corrected chi connectivity index (χ4v) is 3.37. The van der Waals surface area contributed by atoms with E-state index in [2.05, 4.69) is 6.92 Å². The summed E-state index contributed by atoms with van der Waals surface area (Å²) in [6.07, 6.45) is 4.98. The van der Waals surface area contributed by atoms with Gasteiger partial charge in [-0.3, -0.25) is 9.59 Å². The minimum Gasteiger partial charge on any atom is -0.468 e. The molecule has 3 atom stereocenters. The van der Waals surface area contributed by atoms with E-state index in [1.165, 1.54) is 13.5 Å². The highest BCUT2D eigenvalue weighted by molar-refractivity contribution is 6.01. The topological polar surface area (TPSA) is 43.4 Å². The second kappa shape index (κ2) is 3.62. The van der Waals surface area contributed by atoms with Crippen LogP contribution in [0.2, 0.25) is 0 Å². The molecule has 2 saturated carbocycles. The molecule has 2 rings (SSSR count). The molecule has 84 valence electrons. The first-order chi connectivity index (χ1) is 7.08. The maximum absolute atomic E-state index is 11.8. The normalized spacial score (nSPS) is 40.0. The summed E-state index contributed by atoms with van der Waals surface area (Å²) in [5.74, 6) is -0.474. The zero-order valence-electron chi connectivity index (χ0n) is 9.41. The van der Waals surface area contributed by atoms with Crippen molar-refractivity contribution < 1.29 is 14.3 Å². The van der Waals surface area contributed by atoms with Gasteiger partial charge >= 0.3 is 5.97 Å². The molecule has 0 heterocycles. The van der Waals surface area contributed by atoms with Gasteiger partial charge in [0.25, 0.3) is 0 Å². The molecule has 3 heteroatoms. The lowest BCUT2D eigenvalue weighted by Gasteiger charge is -2.36. The van der Waals surface area contributed by atoms with Crippen LogP contribution in [-0.4, -0.2) is 18.9 Å². The molecule has 0 amide bonds. The number of Topliss-reactive ketones (excluding diaryl/α,β-unsaturated/α-hetero) is 1. The molecule has 3 nitrogen and oxygen atoms in total. The fraction of sp³-hybridized carbons (Fsp3) is 0.833. The first-order valence-electron chi connectivity index (χ1n) is 5.69. The lowest BCUT2D eigenvalue weighted by atomic mass is 9.67. The summed E-state index contributed by atoms with van der Waals surface area (Å²) in [6.45, 7) is 2.15. The van der Waals surface area contributed by atoms with Crippen LogP contribution in [0.15, 0.2) is 0 Å². The van der Waals surface area contributed by atoms with Crippen LogP contribution in [0.4, 0.5) is 0 Å². The summed E-state index contributed by atoms with van der Waals surface area (Å²) >= 11 is 0. The molecule has 2 aliphatic carbocycles. The van der Waals surface area contributed by atoms with Crippen LogP contribution in [0.5, 0.6) is 0 Å². The molecular formula is C12H18O3. The molecule has 2 aliphatic rings. The molecule has 0 radical (unpaired) electrons. The van der Waals surface area contributed by atoms with Crippen LogP contribution in [0.25, 0.3) is 0 Å². The van der Waals surface area contributed by atoms with E-state index >= 15 is 0 Å². The fourth-order valence-electron chi connectivity index (χ4n) is 3.37. The monoisotopic (exact) mass is 210 g/mol. The maximum Gasteiger partial charge on any atom is 0.316 e. The lowest BCUT2D eigenvalue weighted by Crippen LogP contribution is -2.33. The van der Waals surface area contributed by atoms with Gasteiger partial charge in [-0.1, -0.05) is 19.8 Å². The number of hydrogen-bond donors (Lipinski definition) is 0. The van der Waals surface area contributed by atoms with Crippen molar-refractivity contribution in [2.45, 2.75) is 39.0 Å². The number of esters is 1. The van der Waals surface area contributed by atoms with Crippen molar-refractivity contribution in [3.63, 3.8) is 0 Å². The lowest BCUT2D eigenvalue weighted by molar-refractivity contribution is -0.150. The summed E-state index contributed by atoms with van der Waals surface area (Å²) in [5, 5.41) is 0. The molecule has 0 unspecified atom stereocenters. The van der Waals surface area contributed by atoms with Gasteiger partial charge in [0.15, 0.2) is 0 Å². The van der Waals surface area contributed by atoms with Gasteiger partial charge in [-0.15, -0.1) is 0 Å². The van der Waals surface area contributed by atoms with Crippen LogP contribution in [-0.2, 0) is 14.3 Å². The molecule has 0 aromatic rings.